The molecule has 1 aromatic carbocycles. The molecule has 1 aromatic rings. The molecule has 2 N–H and O–H groups in total. The Bertz CT molecular complexity index is 687. The van der Waals surface area contributed by atoms with Gasteiger partial charge in [-0.2, -0.15) is 0 Å². The lowest BCUT2D eigenvalue weighted by Crippen LogP contribution is -2.52. The number of nitrogens with zero attached hydrogens (tertiary/aromatic N) is 1. The van der Waals surface area contributed by atoms with Crippen LogP contribution in [0.25, 0.3) is 0 Å². The van der Waals surface area contributed by atoms with Crippen LogP contribution in [-0.4, -0.2) is 47.4 Å². The van der Waals surface area contributed by atoms with Gasteiger partial charge in [-0.15, -0.1) is 0 Å². The second-order valence-corrected chi connectivity index (χ2v) is 9.35. The molecule has 2 heterocycles. The summed E-state index contributed by atoms with van der Waals surface area (Å²) in [6.45, 7) is 7.19. The first kappa shape index (κ1) is 20.2. The third-order valence-corrected chi connectivity index (χ3v) is 5.70. The first-order valence-electron chi connectivity index (χ1n) is 9.82. The van der Waals surface area contributed by atoms with Crippen molar-refractivity contribution in [1.82, 2.24) is 15.5 Å². The van der Waals surface area contributed by atoms with E-state index in [-0.39, 0.29) is 17.4 Å². The van der Waals surface area contributed by atoms with Gasteiger partial charge >= 0.3 is 0 Å². The Labute approximate surface area is 166 Å². The summed E-state index contributed by atoms with van der Waals surface area (Å²) in [5.41, 5.74) is 0.403. The maximum atomic E-state index is 12.3. The number of fused-ring (bicyclic) bond motifs is 2. The van der Waals surface area contributed by atoms with Crippen molar-refractivity contribution in [2.24, 2.45) is 5.92 Å². The van der Waals surface area contributed by atoms with Crippen LogP contribution in [0.3, 0.4) is 0 Å². The highest BCUT2D eigenvalue weighted by atomic mass is 35.5. The molecule has 3 rings (SSSR count). The quantitative estimate of drug-likeness (QED) is 0.810. The zero-order chi connectivity index (χ0) is 19.6. The van der Waals surface area contributed by atoms with E-state index in [9.17, 15) is 9.59 Å². The van der Waals surface area contributed by atoms with Gasteiger partial charge in [0.2, 0.25) is 5.91 Å². The van der Waals surface area contributed by atoms with Crippen molar-refractivity contribution in [2.45, 2.75) is 64.1 Å². The largest absolute Gasteiger partial charge is 0.352 e. The van der Waals surface area contributed by atoms with Crippen LogP contribution in [0.5, 0.6) is 0 Å². The number of piperidine rings is 1. The summed E-state index contributed by atoms with van der Waals surface area (Å²) < 4.78 is 0. The Balaban J connectivity index is 1.50. The second-order valence-electron chi connectivity index (χ2n) is 8.91. The Morgan fingerprint density at radius 2 is 1.85 bits per heavy atom. The lowest BCUT2D eigenvalue weighted by atomic mass is 9.90. The van der Waals surface area contributed by atoms with Gasteiger partial charge in [-0.25, -0.2) is 0 Å². The molecule has 2 saturated heterocycles. The molecule has 27 heavy (non-hydrogen) atoms. The van der Waals surface area contributed by atoms with Gasteiger partial charge in [-0.1, -0.05) is 17.7 Å². The van der Waals surface area contributed by atoms with Crippen molar-refractivity contribution in [3.05, 3.63) is 34.9 Å². The van der Waals surface area contributed by atoms with Crippen molar-refractivity contribution in [1.29, 1.82) is 0 Å². The molecule has 2 aliphatic rings. The molecule has 5 nitrogen and oxygen atoms in total. The second kappa shape index (κ2) is 8.19. The molecule has 2 fully saturated rings. The number of hydrogen-bond donors (Lipinski definition) is 2. The normalized spacial score (nSPS) is 25.3. The summed E-state index contributed by atoms with van der Waals surface area (Å²) in [7, 11) is 0. The van der Waals surface area contributed by atoms with E-state index in [4.69, 9.17) is 11.6 Å². The lowest BCUT2D eigenvalue weighted by Gasteiger charge is -2.39. The minimum absolute atomic E-state index is 0.0724. The van der Waals surface area contributed by atoms with E-state index < -0.39 is 0 Å². The molecule has 148 valence electrons. The van der Waals surface area contributed by atoms with Crippen LogP contribution in [0.1, 0.15) is 56.8 Å². The molecular weight excluding hydrogens is 362 g/mol. The lowest BCUT2D eigenvalue weighted by molar-refractivity contribution is -0.125. The predicted octanol–water partition coefficient (Wildman–Crippen LogP) is 3.23. The fourth-order valence-electron chi connectivity index (χ4n) is 4.40. The van der Waals surface area contributed by atoms with Crippen LogP contribution in [-0.2, 0) is 4.79 Å². The van der Waals surface area contributed by atoms with Crippen molar-refractivity contribution < 1.29 is 9.59 Å². The van der Waals surface area contributed by atoms with Crippen LogP contribution in [0, 0.1) is 5.92 Å². The van der Waals surface area contributed by atoms with Gasteiger partial charge in [0.05, 0.1) is 6.54 Å². The molecule has 0 aromatic heterocycles. The van der Waals surface area contributed by atoms with Crippen molar-refractivity contribution in [2.75, 3.05) is 13.1 Å². The van der Waals surface area contributed by atoms with Crippen LogP contribution in [0.2, 0.25) is 5.02 Å². The summed E-state index contributed by atoms with van der Waals surface area (Å²) >= 11 is 5.96. The van der Waals surface area contributed by atoms with E-state index in [1.165, 1.54) is 0 Å². The zero-order valence-corrected chi connectivity index (χ0v) is 17.2. The van der Waals surface area contributed by atoms with Crippen LogP contribution >= 0.6 is 11.6 Å². The first-order valence-corrected chi connectivity index (χ1v) is 10.2. The average Bonchev–Trinajstić information content (AvgIpc) is 2.80. The Hall–Kier alpha value is -1.59. The van der Waals surface area contributed by atoms with Gasteiger partial charge in [0.15, 0.2) is 0 Å². The topological polar surface area (TPSA) is 61.4 Å². The molecule has 0 radical (unpaired) electrons. The molecule has 3 atom stereocenters. The molecule has 2 bridgehead atoms. The van der Waals surface area contributed by atoms with E-state index in [0.29, 0.717) is 41.7 Å². The maximum Gasteiger partial charge on any atom is 0.251 e. The Morgan fingerprint density at radius 1 is 1.19 bits per heavy atom. The number of halogens is 1. The molecule has 0 saturated carbocycles. The minimum Gasteiger partial charge on any atom is -0.352 e. The van der Waals surface area contributed by atoms with Crippen LogP contribution in [0.15, 0.2) is 24.3 Å². The van der Waals surface area contributed by atoms with Crippen molar-refractivity contribution in [3.8, 4) is 0 Å². The number of carbonyl (C=O) groups excluding carboxylic acids is 2. The minimum atomic E-state index is -0.195. The molecule has 2 aliphatic heterocycles. The highest BCUT2D eigenvalue weighted by Crippen LogP contribution is 2.38. The highest BCUT2D eigenvalue weighted by Gasteiger charge is 2.41. The summed E-state index contributed by atoms with van der Waals surface area (Å²) in [5, 5.41) is 6.69. The smallest absolute Gasteiger partial charge is 0.251 e. The Kier molecular flexibility index (Phi) is 6.11. The van der Waals surface area contributed by atoms with Gasteiger partial charge in [0.25, 0.3) is 5.91 Å². The van der Waals surface area contributed by atoms with Gasteiger partial charge in [-0.3, -0.25) is 14.5 Å². The number of hydrogen-bond acceptors (Lipinski definition) is 3. The highest BCUT2D eigenvalue weighted by molar-refractivity contribution is 6.30. The van der Waals surface area contributed by atoms with E-state index in [2.05, 4.69) is 15.5 Å². The molecule has 0 spiro atoms. The summed E-state index contributed by atoms with van der Waals surface area (Å²) in [6.07, 6.45) is 4.36. The van der Waals surface area contributed by atoms with Gasteiger partial charge < -0.3 is 10.6 Å². The number of carbonyl (C=O) groups is 2. The summed E-state index contributed by atoms with van der Waals surface area (Å²) in [4.78, 5) is 27.0. The van der Waals surface area contributed by atoms with E-state index in [1.54, 1.807) is 24.3 Å². The number of nitrogens with one attached hydrogen (secondary N) is 2. The van der Waals surface area contributed by atoms with Gasteiger partial charge in [-0.05, 0) is 70.6 Å². The van der Waals surface area contributed by atoms with E-state index in [0.717, 1.165) is 25.7 Å². The monoisotopic (exact) mass is 391 g/mol. The van der Waals surface area contributed by atoms with Crippen molar-refractivity contribution in [3.63, 3.8) is 0 Å². The third-order valence-electron chi connectivity index (χ3n) is 5.46. The van der Waals surface area contributed by atoms with E-state index >= 15 is 0 Å². The molecule has 0 aliphatic carbocycles. The Morgan fingerprint density at radius 3 is 2.44 bits per heavy atom. The van der Waals surface area contributed by atoms with Gasteiger partial charge in [0.1, 0.15) is 0 Å². The number of amides is 2. The molecular formula is C21H30ClN3O2. The maximum absolute atomic E-state index is 12.3. The van der Waals surface area contributed by atoms with Crippen LogP contribution < -0.4 is 10.6 Å². The van der Waals surface area contributed by atoms with E-state index in [1.807, 2.05) is 20.8 Å². The first-order chi connectivity index (χ1) is 12.7. The average molecular weight is 392 g/mol. The summed E-state index contributed by atoms with van der Waals surface area (Å²) in [6, 6.07) is 7.92. The summed E-state index contributed by atoms with van der Waals surface area (Å²) in [5.74, 6) is 0.497. The molecule has 2 amide bonds. The van der Waals surface area contributed by atoms with Crippen molar-refractivity contribution >= 4 is 23.4 Å². The van der Waals surface area contributed by atoms with Crippen LogP contribution in [0.4, 0.5) is 0 Å². The zero-order valence-electron chi connectivity index (χ0n) is 16.4. The fraction of sp³-hybridized carbons (Fsp3) is 0.619. The molecule has 6 heteroatoms. The van der Waals surface area contributed by atoms with Gasteiger partial charge in [0, 0.05) is 34.8 Å². The number of benzene rings is 1. The SMILES string of the molecule is CC(C)(C)NC(=O)CN1[C@@H]2CC[C@H]1CC(CNC(=O)c1cccc(Cl)c1)C2. The predicted molar refractivity (Wildman–Crippen MR) is 108 cm³/mol. The standard InChI is InChI=1S/C21H30ClN3O2/c1-21(2,3)24-19(26)13-25-17-7-8-18(25)10-14(9-17)12-23-20(27)15-5-4-6-16(22)11-15/h4-6,11,14,17-18H,7-10,12-13H2,1-3H3,(H,23,27)(H,24,26)/t14?,17-,18+. The fourth-order valence-corrected chi connectivity index (χ4v) is 4.59. The molecule has 1 unspecified atom stereocenters. The third kappa shape index (κ3) is 5.45. The number of rotatable bonds is 5.